The van der Waals surface area contributed by atoms with Gasteiger partial charge in [0.1, 0.15) is 5.76 Å². The van der Waals surface area contributed by atoms with Crippen LogP contribution in [0.4, 0.5) is 4.79 Å². The average molecular weight is 196 g/mol. The van der Waals surface area contributed by atoms with E-state index in [-0.39, 0.29) is 5.88 Å². The molecule has 1 saturated carbocycles. The monoisotopic (exact) mass is 196 g/mol. The molecule has 0 aliphatic heterocycles. The first-order chi connectivity index (χ1) is 6.66. The van der Waals surface area contributed by atoms with Gasteiger partial charge in [-0.2, -0.15) is 0 Å². The topological polar surface area (TPSA) is 55.6 Å². The van der Waals surface area contributed by atoms with Gasteiger partial charge >= 0.3 is 6.09 Å². The Bertz CT molecular complexity index is 342. The summed E-state index contributed by atoms with van der Waals surface area (Å²) < 4.78 is 9.94. The Morgan fingerprint density at radius 2 is 2.36 bits per heavy atom. The smallest absolute Gasteiger partial charge is 0.388 e. The number of amides is 1. The van der Waals surface area contributed by atoms with Crippen LogP contribution in [0.3, 0.4) is 0 Å². The Labute approximate surface area is 81.6 Å². The van der Waals surface area contributed by atoms with Crippen molar-refractivity contribution in [2.45, 2.75) is 18.8 Å². The highest BCUT2D eigenvalue weighted by molar-refractivity contribution is 5.69. The molecule has 1 aromatic rings. The third kappa shape index (κ3) is 1.86. The highest BCUT2D eigenvalue weighted by Gasteiger charge is 2.28. The molecule has 1 amide bonds. The lowest BCUT2D eigenvalue weighted by Gasteiger charge is -2.07. The molecule has 0 unspecified atom stereocenters. The number of hydrogen-bond donors (Lipinski definition) is 0. The van der Waals surface area contributed by atoms with Crippen LogP contribution in [-0.2, 0) is 0 Å². The second-order valence-corrected chi connectivity index (χ2v) is 3.60. The molecular formula is C9H12N2O3. The largest absolute Gasteiger partial charge is 0.416 e. The van der Waals surface area contributed by atoms with Crippen molar-refractivity contribution in [1.82, 2.24) is 10.1 Å². The summed E-state index contributed by atoms with van der Waals surface area (Å²) in [4.78, 5) is 12.5. The molecule has 0 N–H and O–H groups in total. The summed E-state index contributed by atoms with van der Waals surface area (Å²) in [7, 11) is 3.23. The minimum absolute atomic E-state index is 0.241. The van der Waals surface area contributed by atoms with Gasteiger partial charge in [0.05, 0.1) is 0 Å². The van der Waals surface area contributed by atoms with Gasteiger partial charge in [-0.25, -0.2) is 4.79 Å². The van der Waals surface area contributed by atoms with Gasteiger partial charge in [0, 0.05) is 26.1 Å². The second kappa shape index (κ2) is 3.32. The summed E-state index contributed by atoms with van der Waals surface area (Å²) in [6.45, 7) is 0. The number of carbonyl (C=O) groups excluding carboxylic acids is 1. The molecule has 2 rings (SSSR count). The SMILES string of the molecule is CN(C)C(=O)Oc1cc(C2CC2)on1. The first kappa shape index (κ1) is 9.05. The lowest BCUT2D eigenvalue weighted by molar-refractivity contribution is 0.167. The Morgan fingerprint density at radius 3 is 2.93 bits per heavy atom. The zero-order chi connectivity index (χ0) is 10.1. The lowest BCUT2D eigenvalue weighted by Crippen LogP contribution is -2.25. The van der Waals surface area contributed by atoms with Crippen molar-refractivity contribution in [3.05, 3.63) is 11.8 Å². The van der Waals surface area contributed by atoms with Crippen LogP contribution in [0.15, 0.2) is 10.6 Å². The van der Waals surface area contributed by atoms with Crippen molar-refractivity contribution >= 4 is 6.09 Å². The van der Waals surface area contributed by atoms with Gasteiger partial charge in [-0.15, -0.1) is 0 Å². The maximum Gasteiger partial charge on any atom is 0.416 e. The first-order valence-electron chi connectivity index (χ1n) is 4.52. The van der Waals surface area contributed by atoms with Gasteiger partial charge in [0.2, 0.25) is 0 Å². The molecular weight excluding hydrogens is 184 g/mol. The first-order valence-corrected chi connectivity index (χ1v) is 4.52. The van der Waals surface area contributed by atoms with Gasteiger partial charge in [-0.3, -0.25) is 0 Å². The Balaban J connectivity index is 1.99. The predicted octanol–water partition coefficient (Wildman–Crippen LogP) is 1.61. The van der Waals surface area contributed by atoms with Gasteiger partial charge in [-0.05, 0) is 18.0 Å². The summed E-state index contributed by atoms with van der Waals surface area (Å²) >= 11 is 0. The zero-order valence-electron chi connectivity index (χ0n) is 8.19. The number of nitrogens with zero attached hydrogens (tertiary/aromatic N) is 2. The van der Waals surface area contributed by atoms with Crippen LogP contribution >= 0.6 is 0 Å². The van der Waals surface area contributed by atoms with Crippen molar-refractivity contribution in [3.8, 4) is 5.88 Å². The van der Waals surface area contributed by atoms with Crippen molar-refractivity contribution < 1.29 is 14.1 Å². The summed E-state index contributed by atoms with van der Waals surface area (Å²) in [6.07, 6.45) is 1.83. The quantitative estimate of drug-likeness (QED) is 0.721. The molecule has 0 bridgehead atoms. The molecule has 1 fully saturated rings. The van der Waals surface area contributed by atoms with Crippen LogP contribution < -0.4 is 4.74 Å². The number of hydrogen-bond acceptors (Lipinski definition) is 4. The van der Waals surface area contributed by atoms with E-state index in [9.17, 15) is 4.79 Å². The number of aromatic nitrogens is 1. The molecule has 76 valence electrons. The van der Waals surface area contributed by atoms with E-state index in [1.807, 2.05) is 0 Å². The normalized spacial score (nSPS) is 15.3. The van der Waals surface area contributed by atoms with Gasteiger partial charge in [-0.1, -0.05) is 0 Å². The maximum absolute atomic E-state index is 11.1. The molecule has 5 heteroatoms. The van der Waals surface area contributed by atoms with E-state index in [2.05, 4.69) is 5.16 Å². The van der Waals surface area contributed by atoms with Crippen LogP contribution in [0.25, 0.3) is 0 Å². The Kier molecular flexibility index (Phi) is 2.15. The lowest BCUT2D eigenvalue weighted by atomic mass is 10.3. The van der Waals surface area contributed by atoms with Crippen LogP contribution in [0.1, 0.15) is 24.5 Å². The molecule has 0 atom stereocenters. The summed E-state index contributed by atoms with van der Waals surface area (Å²) in [5, 5.41) is 3.66. The van der Waals surface area contributed by atoms with Crippen LogP contribution in [-0.4, -0.2) is 30.2 Å². The fourth-order valence-electron chi connectivity index (χ4n) is 1.06. The molecule has 5 nitrogen and oxygen atoms in total. The summed E-state index contributed by atoms with van der Waals surface area (Å²) in [6, 6.07) is 1.68. The zero-order valence-corrected chi connectivity index (χ0v) is 8.19. The van der Waals surface area contributed by atoms with Gasteiger partial charge in [0.25, 0.3) is 5.88 Å². The number of carbonyl (C=O) groups is 1. The molecule has 1 heterocycles. The third-order valence-electron chi connectivity index (χ3n) is 2.04. The van der Waals surface area contributed by atoms with Gasteiger partial charge < -0.3 is 14.2 Å². The van der Waals surface area contributed by atoms with E-state index < -0.39 is 6.09 Å². The van der Waals surface area contributed by atoms with Crippen LogP contribution in [0.5, 0.6) is 5.88 Å². The predicted molar refractivity (Wildman–Crippen MR) is 48.2 cm³/mol. The van der Waals surface area contributed by atoms with E-state index >= 15 is 0 Å². The van der Waals surface area contributed by atoms with Crippen molar-refractivity contribution in [1.29, 1.82) is 0 Å². The standard InChI is InChI=1S/C9H12N2O3/c1-11(2)9(12)13-8-5-7(14-10-8)6-3-4-6/h5-6H,3-4H2,1-2H3. The summed E-state index contributed by atoms with van der Waals surface area (Å²) in [5.74, 6) is 1.53. The highest BCUT2D eigenvalue weighted by Crippen LogP contribution is 2.40. The Morgan fingerprint density at radius 1 is 1.64 bits per heavy atom. The maximum atomic E-state index is 11.1. The molecule has 1 aliphatic carbocycles. The van der Waals surface area contributed by atoms with E-state index in [0.29, 0.717) is 5.92 Å². The van der Waals surface area contributed by atoms with E-state index in [1.165, 1.54) is 4.90 Å². The number of rotatable bonds is 2. The molecule has 0 radical (unpaired) electrons. The Hall–Kier alpha value is -1.52. The van der Waals surface area contributed by atoms with Crippen molar-refractivity contribution in [3.63, 3.8) is 0 Å². The third-order valence-corrected chi connectivity index (χ3v) is 2.04. The van der Waals surface area contributed by atoms with Crippen molar-refractivity contribution in [2.75, 3.05) is 14.1 Å². The minimum atomic E-state index is -0.444. The fourth-order valence-corrected chi connectivity index (χ4v) is 1.06. The van der Waals surface area contributed by atoms with Crippen LogP contribution in [0.2, 0.25) is 0 Å². The molecule has 14 heavy (non-hydrogen) atoms. The molecule has 1 aromatic heterocycles. The average Bonchev–Trinajstić information content (AvgIpc) is 2.88. The molecule has 0 saturated heterocycles. The van der Waals surface area contributed by atoms with Crippen LogP contribution in [0, 0.1) is 0 Å². The van der Waals surface area contributed by atoms with E-state index in [0.717, 1.165) is 18.6 Å². The molecule has 0 aromatic carbocycles. The second-order valence-electron chi connectivity index (χ2n) is 3.60. The molecule has 0 spiro atoms. The van der Waals surface area contributed by atoms with Gasteiger partial charge in [0.15, 0.2) is 0 Å². The van der Waals surface area contributed by atoms with Crippen molar-refractivity contribution in [2.24, 2.45) is 0 Å². The molecule has 1 aliphatic rings. The van der Waals surface area contributed by atoms with E-state index in [4.69, 9.17) is 9.26 Å². The summed E-state index contributed by atoms with van der Waals surface area (Å²) in [5.41, 5.74) is 0. The fraction of sp³-hybridized carbons (Fsp3) is 0.556. The minimum Gasteiger partial charge on any atom is -0.388 e. The van der Waals surface area contributed by atoms with E-state index in [1.54, 1.807) is 20.2 Å². The number of ether oxygens (including phenoxy) is 1. The highest BCUT2D eigenvalue weighted by atomic mass is 16.6.